The van der Waals surface area contributed by atoms with E-state index in [0.717, 1.165) is 29.8 Å². The zero-order valence-electron chi connectivity index (χ0n) is 22.1. The first-order valence-electron chi connectivity index (χ1n) is 13.1. The molecule has 0 bridgehead atoms. The molecular weight excluding hydrogens is 458 g/mol. The monoisotopic (exact) mass is 501 g/mol. The van der Waals surface area contributed by atoms with Crippen molar-refractivity contribution in [1.29, 1.82) is 0 Å². The molecule has 0 saturated carbocycles. The number of hydrogen-bond acceptors (Lipinski definition) is 4. The van der Waals surface area contributed by atoms with Gasteiger partial charge in [0, 0.05) is 24.9 Å². The van der Waals surface area contributed by atoms with Gasteiger partial charge in [-0.25, -0.2) is 4.79 Å². The molecular formula is C28H43N3O3S. The van der Waals surface area contributed by atoms with Crippen molar-refractivity contribution in [3.63, 3.8) is 0 Å². The van der Waals surface area contributed by atoms with Gasteiger partial charge in [0.2, 0.25) is 5.91 Å². The molecule has 1 aliphatic heterocycles. The number of hydrogen-bond donors (Lipinski definition) is 2. The number of rotatable bonds is 14. The van der Waals surface area contributed by atoms with Gasteiger partial charge in [-0.3, -0.25) is 4.79 Å². The Labute approximate surface area is 216 Å². The second-order valence-electron chi connectivity index (χ2n) is 9.64. The third-order valence-electron chi connectivity index (χ3n) is 6.35. The van der Waals surface area contributed by atoms with Crippen LogP contribution in [-0.2, 0) is 14.3 Å². The summed E-state index contributed by atoms with van der Waals surface area (Å²) in [6.07, 6.45) is 11.4. The van der Waals surface area contributed by atoms with E-state index in [1.807, 2.05) is 52.1 Å². The first-order valence-corrected chi connectivity index (χ1v) is 13.5. The minimum Gasteiger partial charge on any atom is -0.459 e. The second-order valence-corrected chi connectivity index (χ2v) is 10.0. The number of unbranched alkanes of at least 4 members (excludes halogenated alkanes) is 8. The Morgan fingerprint density at radius 2 is 1.60 bits per heavy atom. The van der Waals surface area contributed by atoms with Gasteiger partial charge >= 0.3 is 5.97 Å². The van der Waals surface area contributed by atoms with Crippen molar-refractivity contribution in [2.75, 3.05) is 12.4 Å². The van der Waals surface area contributed by atoms with Crippen LogP contribution in [0.15, 0.2) is 35.5 Å². The summed E-state index contributed by atoms with van der Waals surface area (Å²) >= 11 is 5.45. The lowest BCUT2D eigenvalue weighted by atomic mass is 9.95. The Kier molecular flexibility index (Phi) is 12.2. The van der Waals surface area contributed by atoms with E-state index in [4.69, 9.17) is 17.0 Å². The fourth-order valence-electron chi connectivity index (χ4n) is 4.21. The summed E-state index contributed by atoms with van der Waals surface area (Å²) in [5.41, 5.74) is 2.93. The number of nitrogens with zero attached hydrogens (tertiary/aromatic N) is 1. The van der Waals surface area contributed by atoms with Gasteiger partial charge in [0.25, 0.3) is 0 Å². The number of ether oxygens (including phenoxy) is 1. The number of anilines is 1. The van der Waals surface area contributed by atoms with Gasteiger partial charge in [-0.1, -0.05) is 70.4 Å². The van der Waals surface area contributed by atoms with E-state index in [1.165, 1.54) is 44.9 Å². The van der Waals surface area contributed by atoms with Crippen molar-refractivity contribution in [3.05, 3.63) is 41.1 Å². The van der Waals surface area contributed by atoms with E-state index >= 15 is 0 Å². The number of allylic oxidation sites excluding steroid dienone is 1. The summed E-state index contributed by atoms with van der Waals surface area (Å²) in [7, 11) is 1.83. The molecule has 1 aromatic rings. The molecule has 0 radical (unpaired) electrons. The minimum absolute atomic E-state index is 0.0382. The van der Waals surface area contributed by atoms with E-state index in [-0.39, 0.29) is 18.0 Å². The maximum Gasteiger partial charge on any atom is 0.338 e. The molecule has 1 atom stereocenters. The molecule has 0 fully saturated rings. The van der Waals surface area contributed by atoms with Crippen LogP contribution in [0.1, 0.15) is 104 Å². The summed E-state index contributed by atoms with van der Waals surface area (Å²) in [6.45, 7) is 7.78. The highest BCUT2D eigenvalue weighted by molar-refractivity contribution is 7.80. The van der Waals surface area contributed by atoms with Crippen LogP contribution in [0.5, 0.6) is 0 Å². The number of amides is 1. The molecule has 1 amide bonds. The van der Waals surface area contributed by atoms with Crippen molar-refractivity contribution in [2.24, 2.45) is 0 Å². The van der Waals surface area contributed by atoms with Crippen molar-refractivity contribution >= 4 is 34.9 Å². The van der Waals surface area contributed by atoms with E-state index in [9.17, 15) is 9.59 Å². The molecule has 0 aromatic heterocycles. The SMILES string of the molecule is CCCCCCCCCCCC(=O)Nc1ccc(C2NC(=S)N(C)C(C)=C2C(=O)OC(C)C)cc1. The first-order chi connectivity index (χ1) is 16.7. The van der Waals surface area contributed by atoms with Crippen LogP contribution in [0.2, 0.25) is 0 Å². The fourth-order valence-corrected chi connectivity index (χ4v) is 4.46. The van der Waals surface area contributed by atoms with Gasteiger partial charge in [-0.05, 0) is 57.1 Å². The topological polar surface area (TPSA) is 70.7 Å². The molecule has 1 heterocycles. The third kappa shape index (κ3) is 9.28. The molecule has 0 saturated heterocycles. The van der Waals surface area contributed by atoms with E-state index in [0.29, 0.717) is 17.1 Å². The molecule has 1 aliphatic rings. The summed E-state index contributed by atoms with van der Waals surface area (Å²) in [6, 6.07) is 7.16. The average molecular weight is 502 g/mol. The van der Waals surface area contributed by atoms with Crippen LogP contribution in [0.4, 0.5) is 5.69 Å². The molecule has 0 aliphatic carbocycles. The van der Waals surface area contributed by atoms with Crippen molar-refractivity contribution < 1.29 is 14.3 Å². The molecule has 0 spiro atoms. The predicted octanol–water partition coefficient (Wildman–Crippen LogP) is 6.63. The molecule has 6 nitrogen and oxygen atoms in total. The molecule has 1 aromatic carbocycles. The van der Waals surface area contributed by atoms with Crippen molar-refractivity contribution in [3.8, 4) is 0 Å². The van der Waals surface area contributed by atoms with Crippen LogP contribution >= 0.6 is 12.2 Å². The Morgan fingerprint density at radius 1 is 1.03 bits per heavy atom. The number of nitrogens with one attached hydrogen (secondary N) is 2. The van der Waals surface area contributed by atoms with Crippen LogP contribution in [-0.4, -0.2) is 35.0 Å². The van der Waals surface area contributed by atoms with Gasteiger partial charge < -0.3 is 20.3 Å². The van der Waals surface area contributed by atoms with Crippen molar-refractivity contribution in [1.82, 2.24) is 10.2 Å². The van der Waals surface area contributed by atoms with Gasteiger partial charge in [-0.2, -0.15) is 0 Å². The molecule has 2 rings (SSSR count). The van der Waals surface area contributed by atoms with E-state index in [2.05, 4.69) is 17.6 Å². The van der Waals surface area contributed by atoms with Gasteiger partial charge in [0.05, 0.1) is 17.7 Å². The smallest absolute Gasteiger partial charge is 0.338 e. The third-order valence-corrected chi connectivity index (χ3v) is 6.74. The highest BCUT2D eigenvalue weighted by Crippen LogP contribution is 2.31. The molecule has 194 valence electrons. The summed E-state index contributed by atoms with van der Waals surface area (Å²) in [5, 5.41) is 6.78. The largest absolute Gasteiger partial charge is 0.459 e. The maximum absolute atomic E-state index is 12.8. The number of benzene rings is 1. The van der Waals surface area contributed by atoms with Gasteiger partial charge in [0.15, 0.2) is 5.11 Å². The molecule has 2 N–H and O–H groups in total. The van der Waals surface area contributed by atoms with Crippen molar-refractivity contribution in [2.45, 2.75) is 104 Å². The average Bonchev–Trinajstić information content (AvgIpc) is 2.81. The van der Waals surface area contributed by atoms with Crippen LogP contribution in [0, 0.1) is 0 Å². The lowest BCUT2D eigenvalue weighted by Crippen LogP contribution is -2.46. The number of thiocarbonyl (C=S) groups is 1. The highest BCUT2D eigenvalue weighted by Gasteiger charge is 2.33. The van der Waals surface area contributed by atoms with Crippen LogP contribution < -0.4 is 10.6 Å². The second kappa shape index (κ2) is 14.9. The van der Waals surface area contributed by atoms with E-state index in [1.54, 1.807) is 4.90 Å². The van der Waals surface area contributed by atoms with Gasteiger partial charge in [0.1, 0.15) is 0 Å². The van der Waals surface area contributed by atoms with E-state index < -0.39 is 6.04 Å². The zero-order chi connectivity index (χ0) is 25.8. The predicted molar refractivity (Wildman–Crippen MR) is 147 cm³/mol. The van der Waals surface area contributed by atoms with Crippen LogP contribution in [0.25, 0.3) is 0 Å². The Balaban J connectivity index is 1.89. The summed E-state index contributed by atoms with van der Waals surface area (Å²) in [5.74, 6) is -0.320. The molecule has 35 heavy (non-hydrogen) atoms. The van der Waals surface area contributed by atoms with Gasteiger partial charge in [-0.15, -0.1) is 0 Å². The Morgan fingerprint density at radius 3 is 2.17 bits per heavy atom. The molecule has 7 heteroatoms. The minimum atomic E-state index is -0.406. The normalized spacial score (nSPS) is 15.9. The fraction of sp³-hybridized carbons (Fsp3) is 0.607. The Bertz CT molecular complexity index is 880. The molecule has 1 unspecified atom stereocenters. The number of esters is 1. The zero-order valence-corrected chi connectivity index (χ0v) is 22.9. The first kappa shape index (κ1) is 28.8. The Hall–Kier alpha value is -2.41. The highest BCUT2D eigenvalue weighted by atomic mass is 32.1. The lowest BCUT2D eigenvalue weighted by Gasteiger charge is -2.35. The maximum atomic E-state index is 12.8. The summed E-state index contributed by atoms with van der Waals surface area (Å²) in [4.78, 5) is 27.0. The number of carbonyl (C=O) groups excluding carboxylic acids is 2. The number of carbonyl (C=O) groups is 2. The van der Waals surface area contributed by atoms with Crippen LogP contribution in [0.3, 0.4) is 0 Å². The lowest BCUT2D eigenvalue weighted by molar-refractivity contribution is -0.143. The standard InChI is InChI=1S/C28H43N3O3S/c1-6-7-8-9-10-11-12-13-14-15-24(32)29-23-18-16-22(17-19-23)26-25(27(33)34-20(2)3)21(4)31(5)28(35)30-26/h16-20,26H,6-15H2,1-5H3,(H,29,32)(H,30,35). The quantitative estimate of drug-likeness (QED) is 0.169. The summed E-state index contributed by atoms with van der Waals surface area (Å²) < 4.78 is 5.49.